The molecule has 2 aromatic carbocycles. The van der Waals surface area contributed by atoms with Crippen LogP contribution in [0.3, 0.4) is 0 Å². The van der Waals surface area contributed by atoms with Gasteiger partial charge in [-0.05, 0) is 18.2 Å². The fourth-order valence-electron chi connectivity index (χ4n) is 2.43. The van der Waals surface area contributed by atoms with Gasteiger partial charge in [-0.3, -0.25) is 4.79 Å². The maximum absolute atomic E-state index is 12.3. The molecule has 1 heterocycles. The van der Waals surface area contributed by atoms with Crippen LogP contribution < -0.4 is 5.73 Å². The van der Waals surface area contributed by atoms with Crippen LogP contribution in [0.4, 0.5) is 5.69 Å². The lowest BCUT2D eigenvalue weighted by Gasteiger charge is -2.02. The minimum Gasteiger partial charge on any atom is -0.399 e. The standard InChI is InChI=1S/C15H9N3O/c16-8-5-6-11-12(7-8)18-14-13(17-11)9-3-1-2-4-10(9)15(14)19/h1-7H,16H2. The van der Waals surface area contributed by atoms with Crippen molar-refractivity contribution < 1.29 is 4.79 Å². The number of hydrogen-bond acceptors (Lipinski definition) is 4. The molecule has 1 aliphatic rings. The minimum absolute atomic E-state index is 0.0672. The molecule has 0 saturated heterocycles. The van der Waals surface area contributed by atoms with E-state index in [2.05, 4.69) is 9.97 Å². The zero-order valence-electron chi connectivity index (χ0n) is 9.92. The second kappa shape index (κ2) is 3.38. The van der Waals surface area contributed by atoms with E-state index in [1.807, 2.05) is 24.3 Å². The smallest absolute Gasteiger partial charge is 0.214 e. The summed E-state index contributed by atoms with van der Waals surface area (Å²) < 4.78 is 0. The molecule has 2 N–H and O–H groups in total. The average Bonchev–Trinajstić information content (AvgIpc) is 2.70. The van der Waals surface area contributed by atoms with E-state index >= 15 is 0 Å². The Morgan fingerprint density at radius 3 is 2.42 bits per heavy atom. The van der Waals surface area contributed by atoms with E-state index < -0.39 is 0 Å². The molecule has 0 saturated carbocycles. The number of nitrogens with zero attached hydrogens (tertiary/aromatic N) is 2. The van der Waals surface area contributed by atoms with Crippen LogP contribution in [-0.2, 0) is 0 Å². The summed E-state index contributed by atoms with van der Waals surface area (Å²) in [5.41, 5.74) is 10.4. The molecule has 19 heavy (non-hydrogen) atoms. The van der Waals surface area contributed by atoms with Crippen LogP contribution in [0.25, 0.3) is 22.3 Å². The predicted octanol–water partition coefficient (Wildman–Crippen LogP) is 2.42. The molecule has 0 amide bonds. The van der Waals surface area contributed by atoms with Gasteiger partial charge in [0.05, 0.1) is 11.0 Å². The van der Waals surface area contributed by atoms with E-state index in [1.54, 1.807) is 18.2 Å². The van der Waals surface area contributed by atoms with Gasteiger partial charge in [0.25, 0.3) is 0 Å². The SMILES string of the molecule is Nc1ccc2nc3c(nc2c1)C(=O)c1ccccc1-3. The lowest BCUT2D eigenvalue weighted by atomic mass is 10.1. The Balaban J connectivity index is 2.11. The van der Waals surface area contributed by atoms with Gasteiger partial charge >= 0.3 is 0 Å². The number of benzene rings is 2. The van der Waals surface area contributed by atoms with E-state index in [0.717, 1.165) is 11.1 Å². The Morgan fingerprint density at radius 2 is 1.58 bits per heavy atom. The highest BCUT2D eigenvalue weighted by atomic mass is 16.1. The Bertz CT molecular complexity index is 855. The Labute approximate surface area is 108 Å². The molecule has 90 valence electrons. The second-order valence-corrected chi connectivity index (χ2v) is 4.54. The molecule has 4 rings (SSSR count). The number of rotatable bonds is 0. The fourth-order valence-corrected chi connectivity index (χ4v) is 2.43. The number of aromatic nitrogens is 2. The summed E-state index contributed by atoms with van der Waals surface area (Å²) in [5.74, 6) is -0.0672. The summed E-state index contributed by atoms with van der Waals surface area (Å²) in [6.07, 6.45) is 0. The van der Waals surface area contributed by atoms with Gasteiger partial charge in [0.1, 0.15) is 11.4 Å². The number of ketones is 1. The molecule has 0 aliphatic heterocycles. The van der Waals surface area contributed by atoms with Gasteiger partial charge in [-0.2, -0.15) is 0 Å². The first-order valence-electron chi connectivity index (χ1n) is 5.95. The Hall–Kier alpha value is -2.75. The van der Waals surface area contributed by atoms with Crippen molar-refractivity contribution >= 4 is 22.5 Å². The van der Waals surface area contributed by atoms with E-state index in [0.29, 0.717) is 28.2 Å². The third kappa shape index (κ3) is 1.31. The van der Waals surface area contributed by atoms with Crippen molar-refractivity contribution in [3.8, 4) is 11.3 Å². The summed E-state index contributed by atoms with van der Waals surface area (Å²) >= 11 is 0. The van der Waals surface area contributed by atoms with Crippen LogP contribution in [0.2, 0.25) is 0 Å². The quantitative estimate of drug-likeness (QED) is 0.484. The molecule has 1 aromatic heterocycles. The van der Waals surface area contributed by atoms with Crippen LogP contribution in [0.5, 0.6) is 0 Å². The molecule has 0 radical (unpaired) electrons. The summed E-state index contributed by atoms with van der Waals surface area (Å²) in [6.45, 7) is 0. The number of nitrogen functional groups attached to an aromatic ring is 1. The highest BCUT2D eigenvalue weighted by Crippen LogP contribution is 2.34. The predicted molar refractivity (Wildman–Crippen MR) is 72.8 cm³/mol. The topological polar surface area (TPSA) is 68.9 Å². The first-order chi connectivity index (χ1) is 9.24. The lowest BCUT2D eigenvalue weighted by Crippen LogP contribution is -2.00. The molecule has 0 bridgehead atoms. The molecule has 0 unspecified atom stereocenters. The van der Waals surface area contributed by atoms with E-state index in [4.69, 9.17) is 5.73 Å². The van der Waals surface area contributed by atoms with Crippen LogP contribution in [-0.4, -0.2) is 15.8 Å². The normalized spacial score (nSPS) is 12.5. The molecule has 0 spiro atoms. The summed E-state index contributed by atoms with van der Waals surface area (Å²) in [6, 6.07) is 12.8. The van der Waals surface area contributed by atoms with Crippen LogP contribution in [0, 0.1) is 0 Å². The number of carbonyl (C=O) groups excluding carboxylic acids is 1. The molecular weight excluding hydrogens is 238 g/mol. The van der Waals surface area contributed by atoms with Gasteiger partial charge in [-0.15, -0.1) is 0 Å². The van der Waals surface area contributed by atoms with E-state index in [9.17, 15) is 4.79 Å². The van der Waals surface area contributed by atoms with Crippen molar-refractivity contribution in [3.05, 3.63) is 53.7 Å². The largest absolute Gasteiger partial charge is 0.399 e. The van der Waals surface area contributed by atoms with Crippen LogP contribution in [0.15, 0.2) is 42.5 Å². The van der Waals surface area contributed by atoms with Crippen molar-refractivity contribution in [3.63, 3.8) is 0 Å². The molecule has 1 aliphatic carbocycles. The Kier molecular flexibility index (Phi) is 1.82. The molecule has 4 nitrogen and oxygen atoms in total. The average molecular weight is 247 g/mol. The first-order valence-corrected chi connectivity index (χ1v) is 5.95. The highest BCUT2D eigenvalue weighted by Gasteiger charge is 2.29. The van der Waals surface area contributed by atoms with Crippen LogP contribution in [0.1, 0.15) is 16.1 Å². The van der Waals surface area contributed by atoms with E-state index in [1.165, 1.54) is 0 Å². The van der Waals surface area contributed by atoms with Gasteiger partial charge in [0.2, 0.25) is 5.78 Å². The van der Waals surface area contributed by atoms with Gasteiger partial charge < -0.3 is 5.73 Å². The lowest BCUT2D eigenvalue weighted by molar-refractivity contribution is 0.103. The van der Waals surface area contributed by atoms with Crippen molar-refractivity contribution in [2.45, 2.75) is 0 Å². The van der Waals surface area contributed by atoms with Crippen molar-refractivity contribution in [2.75, 3.05) is 5.73 Å². The molecule has 0 fully saturated rings. The number of anilines is 1. The third-order valence-corrected chi connectivity index (χ3v) is 3.33. The van der Waals surface area contributed by atoms with E-state index in [-0.39, 0.29) is 5.78 Å². The first kappa shape index (κ1) is 10.2. The highest BCUT2D eigenvalue weighted by molar-refractivity contribution is 6.20. The number of hydrogen-bond donors (Lipinski definition) is 1. The number of fused-ring (bicyclic) bond motifs is 4. The van der Waals surface area contributed by atoms with Gasteiger partial charge in [-0.1, -0.05) is 24.3 Å². The zero-order chi connectivity index (χ0) is 13.0. The third-order valence-electron chi connectivity index (χ3n) is 3.33. The Morgan fingerprint density at radius 1 is 0.842 bits per heavy atom. The van der Waals surface area contributed by atoms with Crippen molar-refractivity contribution in [1.82, 2.24) is 9.97 Å². The van der Waals surface area contributed by atoms with Gasteiger partial charge in [0, 0.05) is 16.8 Å². The van der Waals surface area contributed by atoms with Gasteiger partial charge in [0.15, 0.2) is 0 Å². The molecule has 4 heteroatoms. The monoisotopic (exact) mass is 247 g/mol. The summed E-state index contributed by atoms with van der Waals surface area (Å²) in [5, 5.41) is 0. The van der Waals surface area contributed by atoms with Gasteiger partial charge in [-0.25, -0.2) is 9.97 Å². The number of carbonyl (C=O) groups is 1. The molecule has 3 aromatic rings. The molecular formula is C15H9N3O. The fraction of sp³-hybridized carbons (Fsp3) is 0. The zero-order valence-corrected chi connectivity index (χ0v) is 9.92. The maximum Gasteiger partial charge on any atom is 0.214 e. The number of nitrogens with two attached hydrogens (primary N) is 1. The van der Waals surface area contributed by atoms with Crippen molar-refractivity contribution in [2.24, 2.45) is 0 Å². The summed E-state index contributed by atoms with van der Waals surface area (Å²) in [7, 11) is 0. The van der Waals surface area contributed by atoms with Crippen LogP contribution >= 0.6 is 0 Å². The molecule has 0 atom stereocenters. The summed E-state index contributed by atoms with van der Waals surface area (Å²) in [4.78, 5) is 21.3. The second-order valence-electron chi connectivity index (χ2n) is 4.54. The maximum atomic E-state index is 12.3. The minimum atomic E-state index is -0.0672. The van der Waals surface area contributed by atoms with Crippen molar-refractivity contribution in [1.29, 1.82) is 0 Å².